The number of aryl methyl sites for hydroxylation is 1. The third-order valence-corrected chi connectivity index (χ3v) is 3.98. The maximum Gasteiger partial charge on any atom is 0.260 e. The highest BCUT2D eigenvalue weighted by Crippen LogP contribution is 2.34. The van der Waals surface area contributed by atoms with Gasteiger partial charge in [-0.05, 0) is 30.2 Å². The maximum atomic E-state index is 12.8. The van der Waals surface area contributed by atoms with E-state index in [9.17, 15) is 4.79 Å². The molecule has 1 amide bonds. The average Bonchev–Trinajstić information content (AvgIpc) is 2.43. The van der Waals surface area contributed by atoms with Crippen molar-refractivity contribution in [3.63, 3.8) is 0 Å². The molecule has 0 spiro atoms. The van der Waals surface area contributed by atoms with Gasteiger partial charge in [0.2, 0.25) is 0 Å². The molecule has 0 saturated carbocycles. The number of nitrogen functional groups attached to an aromatic ring is 1. The fourth-order valence-electron chi connectivity index (χ4n) is 2.91. The number of carbonyl (C=O) groups is 1. The molecule has 1 aliphatic heterocycles. The van der Waals surface area contributed by atoms with E-state index in [0.29, 0.717) is 17.8 Å². The summed E-state index contributed by atoms with van der Waals surface area (Å²) in [6, 6.07) is 13.7. The van der Waals surface area contributed by atoms with Crippen LogP contribution in [0, 0.1) is 6.92 Å². The molecule has 3 nitrogen and oxygen atoms in total. The Hall–Kier alpha value is -2.29. The van der Waals surface area contributed by atoms with Crippen LogP contribution in [0.3, 0.4) is 0 Å². The van der Waals surface area contributed by atoms with Crippen LogP contribution in [-0.2, 0) is 0 Å². The predicted molar refractivity (Wildman–Crippen MR) is 82.1 cm³/mol. The summed E-state index contributed by atoms with van der Waals surface area (Å²) in [5.41, 5.74) is 10.4. The first-order chi connectivity index (χ1) is 9.59. The van der Waals surface area contributed by atoms with Crippen molar-refractivity contribution in [2.45, 2.75) is 19.8 Å². The zero-order chi connectivity index (χ0) is 14.3. The van der Waals surface area contributed by atoms with Crippen molar-refractivity contribution in [2.75, 3.05) is 17.2 Å². The smallest absolute Gasteiger partial charge is 0.260 e. The standard InChI is InChI=1S/C17H18N2O/c1-11-6-3-4-9-15(11)19-10-12(2)13-7-5-8-14(18)16(13)17(19)20/h3-9,12H,10,18H2,1-2H3. The molecule has 0 fully saturated rings. The van der Waals surface area contributed by atoms with Crippen molar-refractivity contribution >= 4 is 17.3 Å². The number of nitrogens with two attached hydrogens (primary N) is 1. The van der Waals surface area contributed by atoms with Gasteiger partial charge in [-0.25, -0.2) is 0 Å². The maximum absolute atomic E-state index is 12.8. The minimum absolute atomic E-state index is 0.00509. The molecule has 1 atom stereocenters. The molecular formula is C17H18N2O. The normalized spacial score (nSPS) is 18.0. The first-order valence-corrected chi connectivity index (χ1v) is 6.85. The van der Waals surface area contributed by atoms with Gasteiger partial charge in [0, 0.05) is 23.8 Å². The second kappa shape index (κ2) is 4.67. The average molecular weight is 266 g/mol. The molecule has 20 heavy (non-hydrogen) atoms. The molecule has 2 aromatic rings. The van der Waals surface area contributed by atoms with Crippen molar-refractivity contribution < 1.29 is 4.79 Å². The highest BCUT2D eigenvalue weighted by Gasteiger charge is 2.31. The van der Waals surface area contributed by atoms with Crippen LogP contribution in [0.1, 0.15) is 34.3 Å². The highest BCUT2D eigenvalue weighted by atomic mass is 16.2. The predicted octanol–water partition coefficient (Wildman–Crippen LogP) is 3.34. The summed E-state index contributed by atoms with van der Waals surface area (Å²) in [5, 5.41) is 0. The Kier molecular flexibility index (Phi) is 2.97. The van der Waals surface area contributed by atoms with Gasteiger partial charge in [-0.3, -0.25) is 4.79 Å². The number of para-hydroxylation sites is 1. The second-order valence-corrected chi connectivity index (χ2v) is 5.41. The Bertz CT molecular complexity index is 678. The number of amides is 1. The van der Waals surface area contributed by atoms with Gasteiger partial charge >= 0.3 is 0 Å². The van der Waals surface area contributed by atoms with E-state index in [0.717, 1.165) is 16.8 Å². The van der Waals surface area contributed by atoms with Crippen LogP contribution in [0.4, 0.5) is 11.4 Å². The summed E-state index contributed by atoms with van der Waals surface area (Å²) in [6.07, 6.45) is 0. The molecule has 102 valence electrons. The van der Waals surface area contributed by atoms with Gasteiger partial charge in [0.05, 0.1) is 5.56 Å². The van der Waals surface area contributed by atoms with Gasteiger partial charge < -0.3 is 10.6 Å². The number of hydrogen-bond acceptors (Lipinski definition) is 2. The van der Waals surface area contributed by atoms with Gasteiger partial charge in [0.25, 0.3) is 5.91 Å². The summed E-state index contributed by atoms with van der Waals surface area (Å²) >= 11 is 0. The topological polar surface area (TPSA) is 46.3 Å². The molecule has 1 aliphatic rings. The van der Waals surface area contributed by atoms with E-state index in [-0.39, 0.29) is 11.8 Å². The first-order valence-electron chi connectivity index (χ1n) is 6.85. The van der Waals surface area contributed by atoms with Gasteiger partial charge in [0.15, 0.2) is 0 Å². The summed E-state index contributed by atoms with van der Waals surface area (Å²) < 4.78 is 0. The molecule has 3 heteroatoms. The molecule has 2 aromatic carbocycles. The number of rotatable bonds is 1. The summed E-state index contributed by atoms with van der Waals surface area (Å²) in [5.74, 6) is 0.288. The lowest BCUT2D eigenvalue weighted by molar-refractivity contribution is 0.0978. The molecular weight excluding hydrogens is 248 g/mol. The molecule has 0 aromatic heterocycles. The Labute approximate surface area is 119 Å². The van der Waals surface area contributed by atoms with Crippen molar-refractivity contribution in [3.05, 3.63) is 59.2 Å². The van der Waals surface area contributed by atoms with Gasteiger partial charge in [-0.1, -0.05) is 37.3 Å². The van der Waals surface area contributed by atoms with Crippen LogP contribution in [0.5, 0.6) is 0 Å². The minimum Gasteiger partial charge on any atom is -0.398 e. The lowest BCUT2D eigenvalue weighted by atomic mass is 9.89. The van der Waals surface area contributed by atoms with Crippen molar-refractivity contribution in [1.82, 2.24) is 0 Å². The van der Waals surface area contributed by atoms with Crippen molar-refractivity contribution in [3.8, 4) is 0 Å². The number of benzene rings is 2. The third-order valence-electron chi connectivity index (χ3n) is 3.98. The van der Waals surface area contributed by atoms with Crippen LogP contribution in [0.15, 0.2) is 42.5 Å². The zero-order valence-electron chi connectivity index (χ0n) is 11.8. The van der Waals surface area contributed by atoms with Gasteiger partial charge in [0.1, 0.15) is 0 Å². The van der Waals surface area contributed by atoms with Crippen LogP contribution >= 0.6 is 0 Å². The molecule has 1 unspecified atom stereocenters. The van der Waals surface area contributed by atoms with Gasteiger partial charge in [-0.15, -0.1) is 0 Å². The lowest BCUT2D eigenvalue weighted by Gasteiger charge is -2.34. The van der Waals surface area contributed by atoms with Crippen LogP contribution in [-0.4, -0.2) is 12.5 Å². The number of carbonyl (C=O) groups excluding carboxylic acids is 1. The fraction of sp³-hybridized carbons (Fsp3) is 0.235. The Morgan fingerprint density at radius 2 is 1.90 bits per heavy atom. The molecule has 0 saturated heterocycles. The molecule has 3 rings (SSSR count). The van der Waals surface area contributed by atoms with E-state index in [1.165, 1.54) is 0 Å². The molecule has 0 aliphatic carbocycles. The minimum atomic E-state index is 0.00509. The summed E-state index contributed by atoms with van der Waals surface area (Å²) in [4.78, 5) is 14.6. The van der Waals surface area contributed by atoms with Crippen LogP contribution < -0.4 is 10.6 Å². The Balaban J connectivity index is 2.13. The molecule has 0 bridgehead atoms. The third kappa shape index (κ3) is 1.86. The van der Waals surface area contributed by atoms with E-state index in [1.54, 1.807) is 6.07 Å². The van der Waals surface area contributed by atoms with Crippen molar-refractivity contribution in [2.24, 2.45) is 0 Å². The molecule has 2 N–H and O–H groups in total. The largest absolute Gasteiger partial charge is 0.398 e. The van der Waals surface area contributed by atoms with E-state index >= 15 is 0 Å². The molecule has 1 heterocycles. The zero-order valence-corrected chi connectivity index (χ0v) is 11.8. The molecule has 0 radical (unpaired) electrons. The van der Waals surface area contributed by atoms with Crippen LogP contribution in [0.2, 0.25) is 0 Å². The summed E-state index contributed by atoms with van der Waals surface area (Å²) in [7, 11) is 0. The Morgan fingerprint density at radius 1 is 1.15 bits per heavy atom. The number of anilines is 2. The second-order valence-electron chi connectivity index (χ2n) is 5.41. The van der Waals surface area contributed by atoms with Gasteiger partial charge in [-0.2, -0.15) is 0 Å². The first kappa shape index (κ1) is 12.7. The number of nitrogens with zero attached hydrogens (tertiary/aromatic N) is 1. The number of hydrogen-bond donors (Lipinski definition) is 1. The number of fused-ring (bicyclic) bond motifs is 1. The van der Waals surface area contributed by atoms with E-state index in [1.807, 2.05) is 48.2 Å². The SMILES string of the molecule is Cc1ccccc1N1CC(C)c2cccc(N)c2C1=O. The fourth-order valence-corrected chi connectivity index (χ4v) is 2.91. The quantitative estimate of drug-likeness (QED) is 0.805. The highest BCUT2D eigenvalue weighted by molar-refractivity contribution is 6.12. The Morgan fingerprint density at radius 3 is 2.65 bits per heavy atom. The van der Waals surface area contributed by atoms with Crippen LogP contribution in [0.25, 0.3) is 0 Å². The van der Waals surface area contributed by atoms with E-state index in [2.05, 4.69) is 6.92 Å². The van der Waals surface area contributed by atoms with E-state index in [4.69, 9.17) is 5.73 Å². The lowest BCUT2D eigenvalue weighted by Crippen LogP contribution is -2.40. The van der Waals surface area contributed by atoms with Crippen molar-refractivity contribution in [1.29, 1.82) is 0 Å². The summed E-state index contributed by atoms with van der Waals surface area (Å²) in [6.45, 7) is 4.85. The van der Waals surface area contributed by atoms with E-state index < -0.39 is 0 Å². The monoisotopic (exact) mass is 266 g/mol.